The van der Waals surface area contributed by atoms with Gasteiger partial charge in [-0.25, -0.2) is 9.07 Å². The van der Waals surface area contributed by atoms with Crippen molar-refractivity contribution in [2.45, 2.75) is 31.5 Å². The van der Waals surface area contributed by atoms with Gasteiger partial charge in [-0.3, -0.25) is 19.6 Å². The van der Waals surface area contributed by atoms with Crippen LogP contribution in [-0.4, -0.2) is 55.6 Å². The van der Waals surface area contributed by atoms with Crippen molar-refractivity contribution in [3.8, 4) is 16.9 Å². The molecule has 1 saturated heterocycles. The number of anilines is 1. The lowest BCUT2D eigenvalue weighted by Crippen LogP contribution is -2.48. The smallest absolute Gasteiger partial charge is 0.337 e. The van der Waals surface area contributed by atoms with Crippen LogP contribution in [0.3, 0.4) is 0 Å². The van der Waals surface area contributed by atoms with Crippen molar-refractivity contribution >= 4 is 17.5 Å². The summed E-state index contributed by atoms with van der Waals surface area (Å²) in [6.45, 7) is 0.764. The number of piperidine rings is 1. The lowest BCUT2D eigenvalue weighted by Gasteiger charge is -2.36. The number of alkyl halides is 3. The zero-order valence-electron chi connectivity index (χ0n) is 21.0. The molecule has 1 aromatic carbocycles. The molecule has 0 bridgehead atoms. The van der Waals surface area contributed by atoms with Gasteiger partial charge < -0.3 is 9.80 Å². The van der Waals surface area contributed by atoms with E-state index in [0.717, 1.165) is 23.5 Å². The Labute approximate surface area is 225 Å². The van der Waals surface area contributed by atoms with Crippen LogP contribution in [0.1, 0.15) is 34.6 Å². The minimum absolute atomic E-state index is 0.0119. The standard InChI is InChI=1S/C28H22F4N6O2/c29-21-13-19(5-6-20(21)28(30,31)32)38-25(17-3-1-9-33-16-17)14-23(35-38)27(40)36-11-7-18(8-12-36)37-24-4-2-10-34-22(24)15-26(37)39/h1-6,9-10,13-14,16,18H,7-8,11-12,15H2. The Morgan fingerprint density at radius 3 is 2.48 bits per heavy atom. The summed E-state index contributed by atoms with van der Waals surface area (Å²) in [5.41, 5.74) is 1.18. The second-order valence-electron chi connectivity index (χ2n) is 9.66. The molecule has 0 N–H and O–H groups in total. The number of hydrogen-bond donors (Lipinski definition) is 0. The van der Waals surface area contributed by atoms with E-state index in [9.17, 15) is 27.2 Å². The third-order valence-corrected chi connectivity index (χ3v) is 7.22. The molecule has 2 aliphatic heterocycles. The SMILES string of the molecule is O=C(c1cc(-c2cccnc2)n(-c2ccc(C(F)(F)F)c(F)c2)n1)N1CCC(N2C(=O)Cc3ncccc32)CC1. The number of hydrogen-bond acceptors (Lipinski definition) is 5. The van der Waals surface area contributed by atoms with Crippen molar-refractivity contribution < 1.29 is 27.2 Å². The zero-order chi connectivity index (χ0) is 28.0. The lowest BCUT2D eigenvalue weighted by atomic mass is 10.0. The molecule has 0 radical (unpaired) electrons. The Morgan fingerprint density at radius 1 is 1.00 bits per heavy atom. The summed E-state index contributed by atoms with van der Waals surface area (Å²) in [5, 5.41) is 4.38. The minimum Gasteiger partial charge on any atom is -0.337 e. The fourth-order valence-electron chi connectivity index (χ4n) is 5.31. The number of rotatable bonds is 4. The average Bonchev–Trinajstić information content (AvgIpc) is 3.54. The van der Waals surface area contributed by atoms with Crippen molar-refractivity contribution in [3.63, 3.8) is 0 Å². The molecule has 5 heterocycles. The number of aromatic nitrogens is 4. The zero-order valence-corrected chi connectivity index (χ0v) is 21.0. The van der Waals surface area contributed by atoms with Gasteiger partial charge in [0.1, 0.15) is 5.82 Å². The maximum Gasteiger partial charge on any atom is 0.419 e. The first-order chi connectivity index (χ1) is 19.2. The fraction of sp³-hybridized carbons (Fsp3) is 0.250. The van der Waals surface area contributed by atoms with Crippen molar-refractivity contribution in [2.24, 2.45) is 0 Å². The molecule has 1 fully saturated rings. The third-order valence-electron chi connectivity index (χ3n) is 7.22. The molecule has 6 rings (SSSR count). The first-order valence-corrected chi connectivity index (χ1v) is 12.6. The Balaban J connectivity index is 1.26. The predicted molar refractivity (Wildman–Crippen MR) is 136 cm³/mol. The van der Waals surface area contributed by atoms with Crippen LogP contribution in [0, 0.1) is 5.82 Å². The molecule has 0 spiro atoms. The van der Waals surface area contributed by atoms with E-state index in [1.165, 1.54) is 16.9 Å². The van der Waals surface area contributed by atoms with Gasteiger partial charge in [-0.15, -0.1) is 0 Å². The topological polar surface area (TPSA) is 84.2 Å². The van der Waals surface area contributed by atoms with Crippen molar-refractivity contribution in [1.29, 1.82) is 0 Å². The Morgan fingerprint density at radius 2 is 1.77 bits per heavy atom. The number of benzene rings is 1. The molecule has 2 aliphatic rings. The number of carbonyl (C=O) groups excluding carboxylic acids is 2. The van der Waals surface area contributed by atoms with Gasteiger partial charge in [0.15, 0.2) is 5.69 Å². The van der Waals surface area contributed by atoms with Gasteiger partial charge in [0.25, 0.3) is 5.91 Å². The first kappa shape index (κ1) is 25.7. The second kappa shape index (κ2) is 9.85. The molecule has 0 unspecified atom stereocenters. The summed E-state index contributed by atoms with van der Waals surface area (Å²) in [7, 11) is 0. The Hall–Kier alpha value is -4.61. The highest BCUT2D eigenvalue weighted by molar-refractivity contribution is 6.01. The van der Waals surface area contributed by atoms with Gasteiger partial charge in [-0.05, 0) is 55.3 Å². The molecule has 3 aromatic heterocycles. The van der Waals surface area contributed by atoms with E-state index >= 15 is 0 Å². The number of halogens is 4. The van der Waals surface area contributed by atoms with Crippen LogP contribution in [0.4, 0.5) is 23.2 Å². The molecule has 8 nitrogen and oxygen atoms in total. The largest absolute Gasteiger partial charge is 0.419 e. The predicted octanol–water partition coefficient (Wildman–Crippen LogP) is 4.68. The molecule has 40 heavy (non-hydrogen) atoms. The van der Waals surface area contributed by atoms with E-state index < -0.39 is 17.6 Å². The summed E-state index contributed by atoms with van der Waals surface area (Å²) in [5.74, 6) is -1.83. The Kier molecular flexibility index (Phi) is 6.32. The monoisotopic (exact) mass is 550 g/mol. The van der Waals surface area contributed by atoms with Gasteiger partial charge >= 0.3 is 6.18 Å². The fourth-order valence-corrected chi connectivity index (χ4v) is 5.31. The average molecular weight is 551 g/mol. The third kappa shape index (κ3) is 4.59. The summed E-state index contributed by atoms with van der Waals surface area (Å²) >= 11 is 0. The van der Waals surface area contributed by atoms with E-state index in [-0.39, 0.29) is 35.7 Å². The molecular weight excluding hydrogens is 528 g/mol. The summed E-state index contributed by atoms with van der Waals surface area (Å²) in [4.78, 5) is 38.0. The van der Waals surface area contributed by atoms with E-state index in [0.29, 0.717) is 43.3 Å². The molecule has 2 amide bonds. The van der Waals surface area contributed by atoms with Gasteiger partial charge in [-0.2, -0.15) is 18.3 Å². The Bertz CT molecular complexity index is 1600. The number of likely N-dealkylation sites (tertiary alicyclic amines) is 1. The van der Waals surface area contributed by atoms with Crippen LogP contribution < -0.4 is 4.90 Å². The highest BCUT2D eigenvalue weighted by Gasteiger charge is 2.37. The number of pyridine rings is 2. The molecule has 0 saturated carbocycles. The summed E-state index contributed by atoms with van der Waals surface area (Å²) in [6.07, 6.45) is 1.27. The van der Waals surface area contributed by atoms with Crippen LogP contribution in [-0.2, 0) is 17.4 Å². The van der Waals surface area contributed by atoms with Crippen molar-refractivity contribution in [2.75, 3.05) is 18.0 Å². The number of nitrogens with zero attached hydrogens (tertiary/aromatic N) is 6. The summed E-state index contributed by atoms with van der Waals surface area (Å²) < 4.78 is 55.0. The minimum atomic E-state index is -4.84. The van der Waals surface area contributed by atoms with E-state index in [4.69, 9.17) is 0 Å². The van der Waals surface area contributed by atoms with Crippen molar-refractivity contribution in [1.82, 2.24) is 24.6 Å². The van der Waals surface area contributed by atoms with Crippen LogP contribution >= 0.6 is 0 Å². The van der Waals surface area contributed by atoms with Crippen LogP contribution in [0.5, 0.6) is 0 Å². The van der Waals surface area contributed by atoms with Crippen molar-refractivity contribution in [3.05, 3.63) is 89.9 Å². The molecule has 204 valence electrons. The highest BCUT2D eigenvalue weighted by atomic mass is 19.4. The number of amides is 2. The van der Waals surface area contributed by atoms with Gasteiger partial charge in [0, 0.05) is 49.4 Å². The van der Waals surface area contributed by atoms with E-state index in [1.807, 2.05) is 6.07 Å². The normalized spacial score (nSPS) is 15.9. The lowest BCUT2D eigenvalue weighted by molar-refractivity contribution is -0.140. The maximum atomic E-state index is 14.4. The van der Waals surface area contributed by atoms with Crippen LogP contribution in [0.2, 0.25) is 0 Å². The molecular formula is C28H22F4N6O2. The van der Waals surface area contributed by atoms with Crippen LogP contribution in [0.15, 0.2) is 67.1 Å². The number of carbonyl (C=O) groups is 2. The molecule has 0 atom stereocenters. The van der Waals surface area contributed by atoms with Gasteiger partial charge in [-0.1, -0.05) is 0 Å². The maximum absolute atomic E-state index is 14.4. The van der Waals surface area contributed by atoms with Crippen LogP contribution in [0.25, 0.3) is 16.9 Å². The quantitative estimate of drug-likeness (QED) is 0.345. The van der Waals surface area contributed by atoms with Gasteiger partial charge in [0.05, 0.1) is 34.7 Å². The summed E-state index contributed by atoms with van der Waals surface area (Å²) in [6, 6.07) is 11.0. The first-order valence-electron chi connectivity index (χ1n) is 12.6. The highest BCUT2D eigenvalue weighted by Crippen LogP contribution is 2.34. The van der Waals surface area contributed by atoms with Gasteiger partial charge in [0.2, 0.25) is 5.91 Å². The second-order valence-corrected chi connectivity index (χ2v) is 9.66. The molecule has 4 aromatic rings. The molecule has 12 heteroatoms. The van der Waals surface area contributed by atoms with E-state index in [2.05, 4.69) is 15.1 Å². The number of fused-ring (bicyclic) bond motifs is 1. The molecule has 0 aliphatic carbocycles. The van der Waals surface area contributed by atoms with E-state index in [1.54, 1.807) is 40.4 Å².